The predicted molar refractivity (Wildman–Crippen MR) is 96.2 cm³/mol. The fourth-order valence-electron chi connectivity index (χ4n) is 2.52. The Morgan fingerprint density at radius 3 is 2.36 bits per heavy atom. The summed E-state index contributed by atoms with van der Waals surface area (Å²) < 4.78 is 28.2. The summed E-state index contributed by atoms with van der Waals surface area (Å²) in [4.78, 5) is 13.1. The van der Waals surface area contributed by atoms with Gasteiger partial charge in [-0.05, 0) is 44.3 Å². The molecule has 0 aliphatic heterocycles. The Hall–Kier alpha value is -2.22. The number of carboxylic acids is 1. The molecule has 25 heavy (non-hydrogen) atoms. The minimum absolute atomic E-state index is 0.0215. The van der Waals surface area contributed by atoms with Gasteiger partial charge in [-0.15, -0.1) is 0 Å². The number of sulfonamides is 1. The van der Waals surface area contributed by atoms with Gasteiger partial charge in [0.25, 0.3) is 0 Å². The first-order valence-corrected chi connectivity index (χ1v) is 9.25. The second-order valence-electron chi connectivity index (χ2n) is 6.13. The van der Waals surface area contributed by atoms with Gasteiger partial charge in [0.2, 0.25) is 10.0 Å². The van der Waals surface area contributed by atoms with Crippen molar-refractivity contribution in [3.05, 3.63) is 65.2 Å². The Bertz CT molecular complexity index is 849. The predicted octanol–water partition coefficient (Wildman–Crippen LogP) is 2.27. The van der Waals surface area contributed by atoms with Gasteiger partial charge in [-0.3, -0.25) is 0 Å². The van der Waals surface area contributed by atoms with Gasteiger partial charge in [-0.2, -0.15) is 0 Å². The Morgan fingerprint density at radius 2 is 1.80 bits per heavy atom. The van der Waals surface area contributed by atoms with Crippen LogP contribution < -0.4 is 4.72 Å². The minimum atomic E-state index is -3.87. The average Bonchev–Trinajstić information content (AvgIpc) is 2.54. The number of aryl methyl sites for hydroxylation is 1. The van der Waals surface area contributed by atoms with Crippen LogP contribution in [-0.2, 0) is 10.0 Å². The zero-order chi connectivity index (χ0) is 18.6. The van der Waals surface area contributed by atoms with E-state index in [0.717, 1.165) is 5.56 Å². The van der Waals surface area contributed by atoms with Crippen LogP contribution in [0.1, 0.15) is 27.5 Å². The molecule has 1 unspecified atom stereocenters. The Morgan fingerprint density at radius 1 is 1.16 bits per heavy atom. The van der Waals surface area contributed by atoms with Crippen LogP contribution in [-0.4, -0.2) is 45.0 Å². The van der Waals surface area contributed by atoms with Crippen molar-refractivity contribution in [1.29, 1.82) is 0 Å². The van der Waals surface area contributed by atoms with E-state index in [1.165, 1.54) is 18.2 Å². The van der Waals surface area contributed by atoms with Crippen molar-refractivity contribution in [2.75, 3.05) is 20.6 Å². The minimum Gasteiger partial charge on any atom is -0.478 e. The van der Waals surface area contributed by atoms with E-state index in [0.29, 0.717) is 12.1 Å². The van der Waals surface area contributed by atoms with Crippen molar-refractivity contribution >= 4 is 16.0 Å². The molecule has 7 heteroatoms. The van der Waals surface area contributed by atoms with E-state index < -0.39 is 22.0 Å². The fraction of sp³-hybridized carbons (Fsp3) is 0.278. The van der Waals surface area contributed by atoms with Crippen molar-refractivity contribution < 1.29 is 18.3 Å². The van der Waals surface area contributed by atoms with Gasteiger partial charge >= 0.3 is 5.97 Å². The van der Waals surface area contributed by atoms with Crippen LogP contribution in [0.5, 0.6) is 0 Å². The molecule has 0 fully saturated rings. The second kappa shape index (κ2) is 7.77. The first-order valence-electron chi connectivity index (χ1n) is 7.76. The zero-order valence-electron chi connectivity index (χ0n) is 14.4. The van der Waals surface area contributed by atoms with Crippen LogP contribution in [0.3, 0.4) is 0 Å². The molecule has 0 bridgehead atoms. The zero-order valence-corrected chi connectivity index (χ0v) is 15.2. The first kappa shape index (κ1) is 19.1. The quantitative estimate of drug-likeness (QED) is 0.789. The molecule has 0 saturated heterocycles. The monoisotopic (exact) mass is 362 g/mol. The van der Waals surface area contributed by atoms with Crippen LogP contribution in [0.4, 0.5) is 0 Å². The summed E-state index contributed by atoms with van der Waals surface area (Å²) in [7, 11) is -0.147. The SMILES string of the molecule is Cc1ccc(S(=O)(=O)NC(CN(C)C)c2ccccc2)cc1C(=O)O. The summed E-state index contributed by atoms with van der Waals surface area (Å²) >= 11 is 0. The van der Waals surface area contributed by atoms with E-state index >= 15 is 0 Å². The Balaban J connectivity index is 2.37. The molecule has 0 aliphatic carbocycles. The van der Waals surface area contributed by atoms with E-state index in [4.69, 9.17) is 0 Å². The lowest BCUT2D eigenvalue weighted by Crippen LogP contribution is -2.35. The van der Waals surface area contributed by atoms with E-state index in [1.54, 1.807) is 6.92 Å². The molecule has 2 aromatic carbocycles. The third-order valence-corrected chi connectivity index (χ3v) is 5.27. The van der Waals surface area contributed by atoms with Gasteiger partial charge < -0.3 is 10.0 Å². The molecule has 2 rings (SSSR count). The molecule has 0 saturated carbocycles. The molecular weight excluding hydrogens is 340 g/mol. The van der Waals surface area contributed by atoms with Gasteiger partial charge in [0, 0.05) is 6.54 Å². The largest absolute Gasteiger partial charge is 0.478 e. The topological polar surface area (TPSA) is 86.7 Å². The molecule has 2 N–H and O–H groups in total. The number of aromatic carboxylic acids is 1. The van der Waals surface area contributed by atoms with Gasteiger partial charge in [0.1, 0.15) is 0 Å². The Kier molecular flexibility index (Phi) is 5.94. The molecular formula is C18H22N2O4S. The molecule has 0 heterocycles. The van der Waals surface area contributed by atoms with Crippen LogP contribution in [0, 0.1) is 6.92 Å². The van der Waals surface area contributed by atoms with Gasteiger partial charge in [-0.1, -0.05) is 36.4 Å². The van der Waals surface area contributed by atoms with Crippen LogP contribution in [0.25, 0.3) is 0 Å². The first-order chi connectivity index (χ1) is 11.7. The number of hydrogen-bond acceptors (Lipinski definition) is 4. The van der Waals surface area contributed by atoms with E-state index in [9.17, 15) is 18.3 Å². The Labute approximate surface area is 148 Å². The summed E-state index contributed by atoms with van der Waals surface area (Å²) in [6.07, 6.45) is 0. The smallest absolute Gasteiger partial charge is 0.335 e. The van der Waals surface area contributed by atoms with E-state index in [1.807, 2.05) is 49.3 Å². The molecule has 0 radical (unpaired) electrons. The highest BCUT2D eigenvalue weighted by atomic mass is 32.2. The summed E-state index contributed by atoms with van der Waals surface area (Å²) in [5.74, 6) is -1.15. The molecule has 0 amide bonds. The van der Waals surface area contributed by atoms with Crippen molar-refractivity contribution in [3.63, 3.8) is 0 Å². The average molecular weight is 362 g/mol. The summed E-state index contributed by atoms with van der Waals surface area (Å²) in [5, 5.41) is 9.21. The summed E-state index contributed by atoms with van der Waals surface area (Å²) in [5.41, 5.74) is 1.33. The maximum Gasteiger partial charge on any atom is 0.335 e. The normalized spacial score (nSPS) is 13.0. The van der Waals surface area contributed by atoms with Crippen molar-refractivity contribution in [2.45, 2.75) is 17.9 Å². The van der Waals surface area contributed by atoms with Crippen molar-refractivity contribution in [1.82, 2.24) is 9.62 Å². The second-order valence-corrected chi connectivity index (χ2v) is 7.84. The van der Waals surface area contributed by atoms with Crippen molar-refractivity contribution in [3.8, 4) is 0 Å². The molecule has 2 aromatic rings. The molecule has 1 atom stereocenters. The number of hydrogen-bond donors (Lipinski definition) is 2. The molecule has 0 spiro atoms. The van der Waals surface area contributed by atoms with E-state index in [2.05, 4.69) is 4.72 Å². The van der Waals surface area contributed by atoms with Crippen LogP contribution in [0.2, 0.25) is 0 Å². The molecule has 0 aliphatic rings. The number of rotatable bonds is 7. The summed E-state index contributed by atoms with van der Waals surface area (Å²) in [6.45, 7) is 2.10. The number of benzene rings is 2. The highest BCUT2D eigenvalue weighted by Crippen LogP contribution is 2.20. The van der Waals surface area contributed by atoms with Crippen LogP contribution >= 0.6 is 0 Å². The third kappa shape index (κ3) is 4.88. The number of nitrogens with one attached hydrogen (secondary N) is 1. The van der Waals surface area contributed by atoms with Crippen molar-refractivity contribution in [2.24, 2.45) is 0 Å². The van der Waals surface area contributed by atoms with Gasteiger partial charge in [-0.25, -0.2) is 17.9 Å². The highest BCUT2D eigenvalue weighted by Gasteiger charge is 2.23. The lowest BCUT2D eigenvalue weighted by Gasteiger charge is -2.23. The highest BCUT2D eigenvalue weighted by molar-refractivity contribution is 7.89. The summed E-state index contributed by atoms with van der Waals surface area (Å²) in [6, 6.07) is 12.9. The number of carbonyl (C=O) groups is 1. The standard InChI is InChI=1S/C18H22N2O4S/c1-13-9-10-15(11-16(13)18(21)22)25(23,24)19-17(12-20(2)3)14-7-5-4-6-8-14/h4-11,17,19H,12H2,1-3H3,(H,21,22). The number of carboxylic acid groups (broad SMARTS) is 1. The maximum atomic E-state index is 12.8. The van der Waals surface area contributed by atoms with E-state index in [-0.39, 0.29) is 10.5 Å². The fourth-order valence-corrected chi connectivity index (χ4v) is 3.76. The lowest BCUT2D eigenvalue weighted by molar-refractivity contribution is 0.0696. The number of likely N-dealkylation sites (N-methyl/N-ethyl adjacent to an activating group) is 1. The maximum absolute atomic E-state index is 12.8. The van der Waals surface area contributed by atoms with Gasteiger partial charge in [0.15, 0.2) is 0 Å². The van der Waals surface area contributed by atoms with Crippen LogP contribution in [0.15, 0.2) is 53.4 Å². The molecule has 134 valence electrons. The molecule has 0 aromatic heterocycles. The molecule has 6 nitrogen and oxygen atoms in total. The number of nitrogens with zero attached hydrogens (tertiary/aromatic N) is 1. The third-order valence-electron chi connectivity index (χ3n) is 3.80. The lowest BCUT2D eigenvalue weighted by atomic mass is 10.1. The van der Waals surface area contributed by atoms with Gasteiger partial charge in [0.05, 0.1) is 16.5 Å².